The van der Waals surface area contributed by atoms with Crippen LogP contribution in [0.1, 0.15) is 44.1 Å². The summed E-state index contributed by atoms with van der Waals surface area (Å²) in [5.74, 6) is -3.76. The van der Waals surface area contributed by atoms with Crippen LogP contribution in [0, 0.1) is 11.3 Å². The maximum Gasteiger partial charge on any atom is 0.309 e. The molecule has 0 bridgehead atoms. The van der Waals surface area contributed by atoms with Gasteiger partial charge in [0.25, 0.3) is 5.92 Å². The minimum Gasteiger partial charge on any atom is -0.481 e. The molecular formula is C17H21F2NO3. The van der Waals surface area contributed by atoms with Crippen molar-refractivity contribution in [3.05, 3.63) is 23.9 Å². The van der Waals surface area contributed by atoms with E-state index >= 15 is 0 Å². The number of pyridine rings is 1. The van der Waals surface area contributed by atoms with E-state index in [0.29, 0.717) is 37.3 Å². The quantitative estimate of drug-likeness (QED) is 0.794. The normalized spacial score (nSPS) is 31.7. The Bertz CT molecular complexity index is 590. The summed E-state index contributed by atoms with van der Waals surface area (Å²) in [5.41, 5.74) is 0.183. The SMILES string of the molecule is CCOC(=O)C1CC12CCC(F)(F)[C@@H](c1ccc(OC)nc1)C2. The zero-order valence-electron chi connectivity index (χ0n) is 13.4. The molecule has 1 aromatic rings. The van der Waals surface area contributed by atoms with Gasteiger partial charge in [0.15, 0.2) is 0 Å². The highest BCUT2D eigenvalue weighted by molar-refractivity contribution is 5.77. The van der Waals surface area contributed by atoms with Crippen LogP contribution in [-0.4, -0.2) is 30.6 Å². The molecule has 2 saturated carbocycles. The van der Waals surface area contributed by atoms with E-state index in [1.165, 1.54) is 13.3 Å². The van der Waals surface area contributed by atoms with Crippen LogP contribution in [0.4, 0.5) is 8.78 Å². The third-order valence-electron chi connectivity index (χ3n) is 5.21. The summed E-state index contributed by atoms with van der Waals surface area (Å²) in [4.78, 5) is 16.0. The first-order valence-corrected chi connectivity index (χ1v) is 7.96. The van der Waals surface area contributed by atoms with Gasteiger partial charge in [0.05, 0.1) is 19.6 Å². The third-order valence-corrected chi connectivity index (χ3v) is 5.21. The van der Waals surface area contributed by atoms with E-state index < -0.39 is 11.8 Å². The first kappa shape index (κ1) is 16.1. The lowest BCUT2D eigenvalue weighted by molar-refractivity contribution is -0.147. The molecule has 1 heterocycles. The number of ether oxygens (including phenoxy) is 2. The standard InChI is InChI=1S/C17H21F2NO3/c1-3-23-15(21)13-9-16(13)6-7-17(18,19)12(8-16)11-4-5-14(22-2)20-10-11/h4-5,10,12-13H,3,6-9H2,1-2H3/t12-,13?,16?/m1/s1. The minimum absolute atomic E-state index is 0.195. The zero-order valence-corrected chi connectivity index (χ0v) is 13.4. The second-order valence-corrected chi connectivity index (χ2v) is 6.52. The largest absolute Gasteiger partial charge is 0.481 e. The Balaban J connectivity index is 1.79. The molecule has 3 atom stereocenters. The molecule has 2 fully saturated rings. The van der Waals surface area contributed by atoms with Crippen molar-refractivity contribution in [1.29, 1.82) is 0 Å². The zero-order chi connectivity index (χ0) is 16.7. The van der Waals surface area contributed by atoms with Crippen molar-refractivity contribution in [3.63, 3.8) is 0 Å². The summed E-state index contributed by atoms with van der Waals surface area (Å²) < 4.78 is 38.9. The Morgan fingerprint density at radius 3 is 2.74 bits per heavy atom. The molecular weight excluding hydrogens is 304 g/mol. The molecule has 2 unspecified atom stereocenters. The number of carbonyl (C=O) groups excluding carboxylic acids is 1. The lowest BCUT2D eigenvalue weighted by Crippen LogP contribution is -2.35. The number of aromatic nitrogens is 1. The number of methoxy groups -OCH3 is 1. The predicted molar refractivity (Wildman–Crippen MR) is 79.5 cm³/mol. The molecule has 4 nitrogen and oxygen atoms in total. The first-order chi connectivity index (χ1) is 10.9. The Morgan fingerprint density at radius 1 is 1.35 bits per heavy atom. The van der Waals surface area contributed by atoms with Crippen molar-refractivity contribution < 1.29 is 23.0 Å². The fourth-order valence-electron chi connectivity index (χ4n) is 3.75. The minimum atomic E-state index is -2.77. The van der Waals surface area contributed by atoms with Crippen molar-refractivity contribution in [3.8, 4) is 5.88 Å². The van der Waals surface area contributed by atoms with Gasteiger partial charge in [-0.3, -0.25) is 4.79 Å². The summed E-state index contributed by atoms with van der Waals surface area (Å²) in [7, 11) is 1.49. The Morgan fingerprint density at radius 2 is 2.13 bits per heavy atom. The van der Waals surface area contributed by atoms with Crippen LogP contribution in [0.5, 0.6) is 5.88 Å². The van der Waals surface area contributed by atoms with Crippen molar-refractivity contribution in [2.45, 2.75) is 44.4 Å². The van der Waals surface area contributed by atoms with Gasteiger partial charge >= 0.3 is 5.97 Å². The highest BCUT2D eigenvalue weighted by Crippen LogP contribution is 2.66. The van der Waals surface area contributed by atoms with Crippen molar-refractivity contribution in [1.82, 2.24) is 4.98 Å². The monoisotopic (exact) mass is 325 g/mol. The molecule has 0 radical (unpaired) electrons. The highest BCUT2D eigenvalue weighted by Gasteiger charge is 2.64. The molecule has 1 spiro atoms. The number of rotatable bonds is 4. The third kappa shape index (κ3) is 2.91. The summed E-state index contributed by atoms with van der Waals surface area (Å²) in [6.45, 7) is 2.08. The molecule has 0 aromatic carbocycles. The number of halogens is 2. The second-order valence-electron chi connectivity index (χ2n) is 6.52. The number of alkyl halides is 2. The van der Waals surface area contributed by atoms with Crippen LogP contribution in [0.25, 0.3) is 0 Å². The maximum absolute atomic E-state index is 14.4. The number of esters is 1. The molecule has 6 heteroatoms. The van der Waals surface area contributed by atoms with Gasteiger partial charge in [-0.1, -0.05) is 6.07 Å². The van der Waals surface area contributed by atoms with E-state index in [2.05, 4.69) is 4.98 Å². The lowest BCUT2D eigenvalue weighted by Gasteiger charge is -2.37. The molecule has 2 aliphatic carbocycles. The molecule has 23 heavy (non-hydrogen) atoms. The Kier molecular flexibility index (Phi) is 4.02. The molecule has 0 N–H and O–H groups in total. The maximum atomic E-state index is 14.4. The van der Waals surface area contributed by atoms with Gasteiger partial charge in [-0.05, 0) is 37.2 Å². The van der Waals surface area contributed by atoms with E-state index in [1.54, 1.807) is 19.1 Å². The molecule has 0 aliphatic heterocycles. The van der Waals surface area contributed by atoms with Crippen LogP contribution in [0.3, 0.4) is 0 Å². The van der Waals surface area contributed by atoms with Crippen LogP contribution in [0.15, 0.2) is 18.3 Å². The summed E-state index contributed by atoms with van der Waals surface area (Å²) in [6, 6.07) is 3.24. The van der Waals surface area contributed by atoms with Gasteiger partial charge in [-0.25, -0.2) is 13.8 Å². The number of hydrogen-bond donors (Lipinski definition) is 0. The van der Waals surface area contributed by atoms with Gasteiger partial charge in [0, 0.05) is 24.6 Å². The topological polar surface area (TPSA) is 48.4 Å². The van der Waals surface area contributed by atoms with Crippen molar-refractivity contribution >= 4 is 5.97 Å². The van der Waals surface area contributed by atoms with Crippen molar-refractivity contribution in [2.75, 3.05) is 13.7 Å². The lowest BCUT2D eigenvalue weighted by atomic mass is 9.72. The fourth-order valence-corrected chi connectivity index (χ4v) is 3.75. The molecule has 0 amide bonds. The van der Waals surface area contributed by atoms with E-state index in [-0.39, 0.29) is 23.7 Å². The molecule has 126 valence electrons. The number of nitrogens with zero attached hydrogens (tertiary/aromatic N) is 1. The fraction of sp³-hybridized carbons (Fsp3) is 0.647. The highest BCUT2D eigenvalue weighted by atomic mass is 19.3. The van der Waals surface area contributed by atoms with E-state index in [0.717, 1.165) is 0 Å². The molecule has 0 saturated heterocycles. The van der Waals surface area contributed by atoms with Gasteiger partial charge in [-0.2, -0.15) is 0 Å². The summed E-state index contributed by atoms with van der Waals surface area (Å²) in [5, 5.41) is 0. The Labute approximate surface area is 134 Å². The smallest absolute Gasteiger partial charge is 0.309 e. The molecule has 1 aromatic heterocycles. The Hall–Kier alpha value is -1.72. The molecule has 2 aliphatic rings. The van der Waals surface area contributed by atoms with Crippen molar-refractivity contribution in [2.24, 2.45) is 11.3 Å². The van der Waals surface area contributed by atoms with Gasteiger partial charge in [0.2, 0.25) is 5.88 Å². The summed E-state index contributed by atoms with van der Waals surface area (Å²) >= 11 is 0. The van der Waals surface area contributed by atoms with Crippen LogP contribution in [-0.2, 0) is 9.53 Å². The van der Waals surface area contributed by atoms with E-state index in [9.17, 15) is 13.6 Å². The van der Waals surface area contributed by atoms with Gasteiger partial charge in [-0.15, -0.1) is 0 Å². The van der Waals surface area contributed by atoms with E-state index in [1.807, 2.05) is 0 Å². The van der Waals surface area contributed by atoms with Gasteiger partial charge < -0.3 is 9.47 Å². The number of carbonyl (C=O) groups is 1. The van der Waals surface area contributed by atoms with Crippen LogP contribution in [0.2, 0.25) is 0 Å². The average molecular weight is 325 g/mol. The second kappa shape index (κ2) is 5.73. The first-order valence-electron chi connectivity index (χ1n) is 7.96. The van der Waals surface area contributed by atoms with Gasteiger partial charge in [0.1, 0.15) is 0 Å². The predicted octanol–water partition coefficient (Wildman–Crippen LogP) is 3.56. The van der Waals surface area contributed by atoms with E-state index in [4.69, 9.17) is 9.47 Å². The molecule has 3 rings (SSSR count). The summed E-state index contributed by atoms with van der Waals surface area (Å²) in [6.07, 6.45) is 2.60. The number of hydrogen-bond acceptors (Lipinski definition) is 4. The van der Waals surface area contributed by atoms with Crippen LogP contribution < -0.4 is 4.74 Å². The average Bonchev–Trinajstić information content (AvgIpc) is 3.25. The van der Waals surface area contributed by atoms with Crippen LogP contribution >= 0.6 is 0 Å².